The van der Waals surface area contributed by atoms with Gasteiger partial charge in [0.1, 0.15) is 6.10 Å². The Morgan fingerprint density at radius 1 is 1.69 bits per heavy atom. The van der Waals surface area contributed by atoms with E-state index in [1.165, 1.54) is 6.20 Å². The van der Waals surface area contributed by atoms with Gasteiger partial charge in [-0.15, -0.1) is 5.10 Å². The van der Waals surface area contributed by atoms with Crippen LogP contribution in [-0.4, -0.2) is 27.6 Å². The van der Waals surface area contributed by atoms with Crippen molar-refractivity contribution in [2.45, 2.75) is 25.4 Å². The molecule has 0 radical (unpaired) electrons. The quantitative estimate of drug-likeness (QED) is 0.712. The van der Waals surface area contributed by atoms with E-state index in [-0.39, 0.29) is 6.10 Å². The van der Waals surface area contributed by atoms with Crippen molar-refractivity contribution >= 4 is 11.9 Å². The molecule has 2 N–H and O–H groups in total. The molecule has 1 fully saturated rings. The summed E-state index contributed by atoms with van der Waals surface area (Å²) in [6.45, 7) is 0. The summed E-state index contributed by atoms with van der Waals surface area (Å²) in [5, 5.41) is 12.0. The van der Waals surface area contributed by atoms with Crippen LogP contribution in [0.1, 0.15) is 19.3 Å². The number of aromatic amines is 1. The molecule has 70 valence electrons. The monoisotopic (exact) mass is 182 g/mol. The zero-order chi connectivity index (χ0) is 9.10. The number of hydrogen-bond acceptors (Lipinski definition) is 4. The number of hydrogen-bond donors (Lipinski definition) is 2. The summed E-state index contributed by atoms with van der Waals surface area (Å²) >= 11 is 0. The number of carbonyl (C=O) groups excluding carboxylic acids is 1. The summed E-state index contributed by atoms with van der Waals surface area (Å²) < 4.78 is 5.03. The minimum absolute atomic E-state index is 0.0897. The number of aromatic nitrogens is 3. The number of anilines is 1. The maximum absolute atomic E-state index is 11.1. The van der Waals surface area contributed by atoms with Gasteiger partial charge < -0.3 is 4.74 Å². The van der Waals surface area contributed by atoms with Gasteiger partial charge in [0, 0.05) is 0 Å². The Bertz CT molecular complexity index is 281. The first kappa shape index (κ1) is 8.03. The first-order valence-corrected chi connectivity index (χ1v) is 4.18. The summed E-state index contributed by atoms with van der Waals surface area (Å²) in [6.07, 6.45) is 4.12. The molecule has 2 rings (SSSR count). The molecule has 0 bridgehead atoms. The highest BCUT2D eigenvalue weighted by atomic mass is 16.6. The number of rotatable bonds is 2. The Morgan fingerprint density at radius 2 is 2.54 bits per heavy atom. The third-order valence-corrected chi connectivity index (χ3v) is 1.97. The second-order valence-electron chi connectivity index (χ2n) is 2.94. The van der Waals surface area contributed by atoms with Crippen LogP contribution in [0.3, 0.4) is 0 Å². The van der Waals surface area contributed by atoms with E-state index < -0.39 is 6.09 Å². The van der Waals surface area contributed by atoms with E-state index in [0.717, 1.165) is 19.3 Å². The van der Waals surface area contributed by atoms with Gasteiger partial charge in [0.25, 0.3) is 0 Å². The second kappa shape index (κ2) is 3.42. The largest absolute Gasteiger partial charge is 0.446 e. The van der Waals surface area contributed by atoms with Crippen LogP contribution in [0.25, 0.3) is 0 Å². The number of nitrogens with zero attached hydrogens (tertiary/aromatic N) is 2. The van der Waals surface area contributed by atoms with Crippen molar-refractivity contribution < 1.29 is 9.53 Å². The summed E-state index contributed by atoms with van der Waals surface area (Å²) in [4.78, 5) is 11.1. The van der Waals surface area contributed by atoms with Crippen LogP contribution in [0.2, 0.25) is 0 Å². The third-order valence-electron chi connectivity index (χ3n) is 1.97. The molecule has 1 aliphatic carbocycles. The lowest BCUT2D eigenvalue weighted by molar-refractivity contribution is 0.0623. The van der Waals surface area contributed by atoms with Gasteiger partial charge in [0.2, 0.25) is 0 Å². The SMILES string of the molecule is O=C(Nc1cn[nH]n1)OC1CCC1. The van der Waals surface area contributed by atoms with Crippen LogP contribution in [0.4, 0.5) is 10.6 Å². The van der Waals surface area contributed by atoms with Crippen LogP contribution >= 0.6 is 0 Å². The van der Waals surface area contributed by atoms with Gasteiger partial charge >= 0.3 is 6.09 Å². The minimum atomic E-state index is -0.460. The summed E-state index contributed by atoms with van der Waals surface area (Å²) in [7, 11) is 0. The van der Waals surface area contributed by atoms with Gasteiger partial charge in [-0.05, 0) is 19.3 Å². The molecule has 1 aromatic rings. The molecule has 1 aromatic heterocycles. The predicted octanol–water partition coefficient (Wildman–Crippen LogP) is 0.906. The van der Waals surface area contributed by atoms with Crippen molar-refractivity contribution in [2.75, 3.05) is 5.32 Å². The van der Waals surface area contributed by atoms with Crippen LogP contribution in [0.5, 0.6) is 0 Å². The molecule has 1 amide bonds. The van der Waals surface area contributed by atoms with Gasteiger partial charge in [-0.2, -0.15) is 10.3 Å². The van der Waals surface area contributed by atoms with E-state index in [0.29, 0.717) is 5.82 Å². The zero-order valence-electron chi connectivity index (χ0n) is 6.99. The predicted molar refractivity (Wildman–Crippen MR) is 44.1 cm³/mol. The Kier molecular flexibility index (Phi) is 2.11. The Balaban J connectivity index is 1.78. The third kappa shape index (κ3) is 1.95. The Morgan fingerprint density at radius 3 is 3.08 bits per heavy atom. The highest BCUT2D eigenvalue weighted by Crippen LogP contribution is 2.22. The first-order valence-electron chi connectivity index (χ1n) is 4.18. The number of H-pyrrole nitrogens is 1. The van der Waals surface area contributed by atoms with E-state index in [1.54, 1.807) is 0 Å². The highest BCUT2D eigenvalue weighted by molar-refractivity contribution is 5.83. The topological polar surface area (TPSA) is 79.9 Å². The number of ether oxygens (including phenoxy) is 1. The first-order chi connectivity index (χ1) is 6.34. The standard InChI is InChI=1S/C7H10N4O2/c12-7(13-5-2-1-3-5)9-6-4-8-11-10-6/h4-5H,1-3H2,(H2,8,9,10,11,12). The van der Waals surface area contributed by atoms with Gasteiger partial charge in [0.05, 0.1) is 6.20 Å². The molecule has 6 nitrogen and oxygen atoms in total. The average Bonchev–Trinajstić information content (AvgIpc) is 2.49. The minimum Gasteiger partial charge on any atom is -0.446 e. The van der Waals surface area contributed by atoms with Crippen LogP contribution in [0.15, 0.2) is 6.20 Å². The van der Waals surface area contributed by atoms with Gasteiger partial charge in [0.15, 0.2) is 5.82 Å². The molecule has 0 spiro atoms. The molecule has 0 atom stereocenters. The van der Waals surface area contributed by atoms with Crippen LogP contribution in [-0.2, 0) is 4.74 Å². The molecule has 0 aromatic carbocycles. The van der Waals surface area contributed by atoms with E-state index in [1.807, 2.05) is 0 Å². The molecule has 6 heteroatoms. The molecule has 0 aliphatic heterocycles. The summed E-state index contributed by atoms with van der Waals surface area (Å²) in [6, 6.07) is 0. The molecule has 1 aliphatic rings. The number of amides is 1. The smallest absolute Gasteiger partial charge is 0.413 e. The lowest BCUT2D eigenvalue weighted by Crippen LogP contribution is -2.27. The molecular formula is C7H10N4O2. The fourth-order valence-electron chi connectivity index (χ4n) is 1.04. The van der Waals surface area contributed by atoms with E-state index in [2.05, 4.69) is 20.7 Å². The van der Waals surface area contributed by atoms with E-state index >= 15 is 0 Å². The van der Waals surface area contributed by atoms with E-state index in [9.17, 15) is 4.79 Å². The molecule has 1 saturated carbocycles. The molecule has 13 heavy (non-hydrogen) atoms. The van der Waals surface area contributed by atoms with Crippen molar-refractivity contribution in [1.82, 2.24) is 15.4 Å². The molecule has 1 heterocycles. The lowest BCUT2D eigenvalue weighted by atomic mass is 9.96. The van der Waals surface area contributed by atoms with Gasteiger partial charge in [-0.3, -0.25) is 5.32 Å². The fourth-order valence-corrected chi connectivity index (χ4v) is 1.04. The number of carbonyl (C=O) groups is 1. The van der Waals surface area contributed by atoms with Crippen molar-refractivity contribution in [1.29, 1.82) is 0 Å². The highest BCUT2D eigenvalue weighted by Gasteiger charge is 2.21. The van der Waals surface area contributed by atoms with Crippen molar-refractivity contribution in [3.63, 3.8) is 0 Å². The fraction of sp³-hybridized carbons (Fsp3) is 0.571. The molecule has 0 saturated heterocycles. The van der Waals surface area contributed by atoms with Crippen LogP contribution in [0, 0.1) is 0 Å². The summed E-state index contributed by atoms with van der Waals surface area (Å²) in [5.74, 6) is 0.379. The normalized spacial score (nSPS) is 16.3. The van der Waals surface area contributed by atoms with Gasteiger partial charge in [-0.1, -0.05) is 0 Å². The van der Waals surface area contributed by atoms with E-state index in [4.69, 9.17) is 4.74 Å². The van der Waals surface area contributed by atoms with Gasteiger partial charge in [-0.25, -0.2) is 4.79 Å². The zero-order valence-corrected chi connectivity index (χ0v) is 6.99. The van der Waals surface area contributed by atoms with Crippen molar-refractivity contribution in [3.8, 4) is 0 Å². The molecular weight excluding hydrogens is 172 g/mol. The average molecular weight is 182 g/mol. The van der Waals surface area contributed by atoms with Crippen molar-refractivity contribution in [2.24, 2.45) is 0 Å². The number of nitrogens with one attached hydrogen (secondary N) is 2. The summed E-state index contributed by atoms with van der Waals surface area (Å²) in [5.41, 5.74) is 0. The second-order valence-corrected chi connectivity index (χ2v) is 2.94. The van der Waals surface area contributed by atoms with Crippen LogP contribution < -0.4 is 5.32 Å². The maximum Gasteiger partial charge on any atom is 0.413 e. The van der Waals surface area contributed by atoms with Crippen molar-refractivity contribution in [3.05, 3.63) is 6.20 Å². The molecule has 0 unspecified atom stereocenters. The Hall–Kier alpha value is -1.59. The maximum atomic E-state index is 11.1. The Labute approximate surface area is 74.7 Å². The lowest BCUT2D eigenvalue weighted by Gasteiger charge is -2.24.